The van der Waals surface area contributed by atoms with Crippen LogP contribution >= 0.6 is 0 Å². The van der Waals surface area contributed by atoms with E-state index < -0.39 is 12.1 Å². The standard InChI is InChI=1S/C6H8F3NO/c7-6(8,9)5(11)10-3-1-2-4-10/h1-4H2. The summed E-state index contributed by atoms with van der Waals surface area (Å²) in [6, 6.07) is 0. The molecule has 0 atom stereocenters. The Morgan fingerprint density at radius 1 is 1.18 bits per heavy atom. The van der Waals surface area contributed by atoms with E-state index in [4.69, 9.17) is 0 Å². The van der Waals surface area contributed by atoms with Crippen molar-refractivity contribution in [3.05, 3.63) is 0 Å². The molecule has 0 aromatic heterocycles. The minimum atomic E-state index is -4.69. The summed E-state index contributed by atoms with van der Waals surface area (Å²) < 4.78 is 35.1. The molecule has 11 heavy (non-hydrogen) atoms. The third kappa shape index (κ3) is 1.85. The minimum Gasteiger partial charge on any atom is -0.335 e. The Labute approximate surface area is 62.0 Å². The molecular weight excluding hydrogens is 159 g/mol. The van der Waals surface area contributed by atoms with Gasteiger partial charge in [0.05, 0.1) is 0 Å². The lowest BCUT2D eigenvalue weighted by Crippen LogP contribution is -2.39. The number of alkyl halides is 3. The van der Waals surface area contributed by atoms with E-state index in [0.29, 0.717) is 12.8 Å². The SMILES string of the molecule is O=C(N1CCCC1)C(F)(F)F. The molecule has 2 nitrogen and oxygen atoms in total. The van der Waals surface area contributed by atoms with Crippen molar-refractivity contribution in [3.8, 4) is 0 Å². The van der Waals surface area contributed by atoms with Gasteiger partial charge in [-0.3, -0.25) is 4.79 Å². The molecule has 0 unspecified atom stereocenters. The Morgan fingerprint density at radius 2 is 1.64 bits per heavy atom. The number of likely N-dealkylation sites (tertiary alicyclic amines) is 1. The van der Waals surface area contributed by atoms with Crippen molar-refractivity contribution in [1.29, 1.82) is 0 Å². The lowest BCUT2D eigenvalue weighted by atomic mass is 10.4. The molecule has 5 heteroatoms. The van der Waals surface area contributed by atoms with Crippen LogP contribution in [0.1, 0.15) is 12.8 Å². The maximum Gasteiger partial charge on any atom is 0.471 e. The maximum atomic E-state index is 11.7. The Morgan fingerprint density at radius 3 is 2.00 bits per heavy atom. The Hall–Kier alpha value is -0.740. The van der Waals surface area contributed by atoms with Crippen molar-refractivity contribution in [1.82, 2.24) is 4.90 Å². The van der Waals surface area contributed by atoms with Gasteiger partial charge in [-0.15, -0.1) is 0 Å². The van der Waals surface area contributed by atoms with E-state index in [2.05, 4.69) is 0 Å². The summed E-state index contributed by atoms with van der Waals surface area (Å²) in [6.45, 7) is 0.497. The van der Waals surface area contributed by atoms with Crippen LogP contribution in [0, 0.1) is 0 Å². The second-order valence-electron chi connectivity index (χ2n) is 2.50. The van der Waals surface area contributed by atoms with E-state index in [1.54, 1.807) is 0 Å². The average Bonchev–Trinajstić information content (AvgIpc) is 2.34. The predicted octanol–water partition coefficient (Wildman–Crippen LogP) is 1.17. The van der Waals surface area contributed by atoms with Crippen LogP contribution in [-0.4, -0.2) is 30.1 Å². The fourth-order valence-electron chi connectivity index (χ4n) is 1.10. The lowest BCUT2D eigenvalue weighted by molar-refractivity contribution is -0.184. The summed E-state index contributed by atoms with van der Waals surface area (Å²) in [7, 11) is 0. The normalized spacial score (nSPS) is 19.0. The highest BCUT2D eigenvalue weighted by molar-refractivity contribution is 5.82. The first-order valence-corrected chi connectivity index (χ1v) is 3.38. The molecule has 0 saturated carbocycles. The summed E-state index contributed by atoms with van der Waals surface area (Å²) in [5.41, 5.74) is 0. The highest BCUT2D eigenvalue weighted by atomic mass is 19.4. The first-order chi connectivity index (χ1) is 5.02. The molecule has 1 rings (SSSR count). The molecular formula is C6H8F3NO. The number of rotatable bonds is 0. The van der Waals surface area contributed by atoms with Crippen molar-refractivity contribution < 1.29 is 18.0 Å². The van der Waals surface area contributed by atoms with Crippen molar-refractivity contribution >= 4 is 5.91 Å². The van der Waals surface area contributed by atoms with Gasteiger partial charge >= 0.3 is 12.1 Å². The molecule has 64 valence electrons. The van der Waals surface area contributed by atoms with Crippen LogP contribution in [-0.2, 0) is 4.79 Å². The van der Waals surface area contributed by atoms with Crippen LogP contribution in [0.15, 0.2) is 0 Å². The number of carbonyl (C=O) groups is 1. The molecule has 0 radical (unpaired) electrons. The third-order valence-corrected chi connectivity index (χ3v) is 1.64. The topological polar surface area (TPSA) is 20.3 Å². The van der Waals surface area contributed by atoms with Gasteiger partial charge in [0.1, 0.15) is 0 Å². The third-order valence-electron chi connectivity index (χ3n) is 1.64. The highest BCUT2D eigenvalue weighted by Gasteiger charge is 2.42. The molecule has 0 bridgehead atoms. The van der Waals surface area contributed by atoms with E-state index in [0.717, 1.165) is 4.90 Å². The Bertz CT molecular complexity index is 160. The summed E-state index contributed by atoms with van der Waals surface area (Å²) in [5.74, 6) is -1.70. The zero-order chi connectivity index (χ0) is 8.48. The van der Waals surface area contributed by atoms with Crippen LogP contribution in [0.3, 0.4) is 0 Å². The van der Waals surface area contributed by atoms with Gasteiger partial charge in [-0.1, -0.05) is 0 Å². The van der Waals surface area contributed by atoms with Gasteiger partial charge in [0.2, 0.25) is 0 Å². The molecule has 0 aromatic carbocycles. The molecule has 0 aliphatic carbocycles. The summed E-state index contributed by atoms with van der Waals surface area (Å²) in [5, 5.41) is 0. The molecule has 1 fully saturated rings. The number of nitrogens with zero attached hydrogens (tertiary/aromatic N) is 1. The van der Waals surface area contributed by atoms with Gasteiger partial charge in [0.15, 0.2) is 0 Å². The van der Waals surface area contributed by atoms with Gasteiger partial charge in [-0.2, -0.15) is 13.2 Å². The molecule has 0 N–H and O–H groups in total. The molecule has 1 aliphatic rings. The van der Waals surface area contributed by atoms with Crippen LogP contribution in [0.5, 0.6) is 0 Å². The zero-order valence-corrected chi connectivity index (χ0v) is 5.82. The Kier molecular flexibility index (Phi) is 2.06. The van der Waals surface area contributed by atoms with E-state index in [-0.39, 0.29) is 13.1 Å². The molecule has 1 saturated heterocycles. The van der Waals surface area contributed by atoms with E-state index >= 15 is 0 Å². The number of hydrogen-bond acceptors (Lipinski definition) is 1. The highest BCUT2D eigenvalue weighted by Crippen LogP contribution is 2.21. The van der Waals surface area contributed by atoms with Crippen LogP contribution in [0.2, 0.25) is 0 Å². The molecule has 1 heterocycles. The smallest absolute Gasteiger partial charge is 0.335 e. The average molecular weight is 167 g/mol. The van der Waals surface area contributed by atoms with Gasteiger partial charge in [0.25, 0.3) is 0 Å². The number of carbonyl (C=O) groups excluding carboxylic acids is 1. The fraction of sp³-hybridized carbons (Fsp3) is 0.833. The minimum absolute atomic E-state index is 0.248. The first kappa shape index (κ1) is 8.36. The van der Waals surface area contributed by atoms with Gasteiger partial charge in [-0.25, -0.2) is 0 Å². The van der Waals surface area contributed by atoms with Crippen LogP contribution in [0.4, 0.5) is 13.2 Å². The van der Waals surface area contributed by atoms with Crippen molar-refractivity contribution in [2.24, 2.45) is 0 Å². The van der Waals surface area contributed by atoms with Gasteiger partial charge in [-0.05, 0) is 12.8 Å². The second-order valence-corrected chi connectivity index (χ2v) is 2.50. The monoisotopic (exact) mass is 167 g/mol. The maximum absolute atomic E-state index is 11.7. The lowest BCUT2D eigenvalue weighted by Gasteiger charge is -2.16. The molecule has 0 spiro atoms. The predicted molar refractivity (Wildman–Crippen MR) is 31.9 cm³/mol. The summed E-state index contributed by atoms with van der Waals surface area (Å²) in [6.07, 6.45) is -3.33. The first-order valence-electron chi connectivity index (χ1n) is 3.38. The van der Waals surface area contributed by atoms with Crippen LogP contribution < -0.4 is 0 Å². The fourth-order valence-corrected chi connectivity index (χ4v) is 1.10. The molecule has 1 amide bonds. The molecule has 1 aliphatic heterocycles. The zero-order valence-electron chi connectivity index (χ0n) is 5.82. The molecule has 0 aromatic rings. The number of amides is 1. The Balaban J connectivity index is 2.53. The summed E-state index contributed by atoms with van der Waals surface area (Å²) in [4.78, 5) is 11.3. The largest absolute Gasteiger partial charge is 0.471 e. The van der Waals surface area contributed by atoms with Crippen molar-refractivity contribution in [3.63, 3.8) is 0 Å². The summed E-state index contributed by atoms with van der Waals surface area (Å²) >= 11 is 0. The van der Waals surface area contributed by atoms with E-state index in [9.17, 15) is 18.0 Å². The second kappa shape index (κ2) is 2.71. The van der Waals surface area contributed by atoms with E-state index in [1.165, 1.54) is 0 Å². The van der Waals surface area contributed by atoms with Gasteiger partial charge < -0.3 is 4.90 Å². The van der Waals surface area contributed by atoms with Gasteiger partial charge in [0, 0.05) is 13.1 Å². The quantitative estimate of drug-likeness (QED) is 0.530. The number of hydrogen-bond donors (Lipinski definition) is 0. The van der Waals surface area contributed by atoms with Crippen molar-refractivity contribution in [2.75, 3.05) is 13.1 Å². The van der Waals surface area contributed by atoms with Crippen LogP contribution in [0.25, 0.3) is 0 Å². The number of halogens is 3. The van der Waals surface area contributed by atoms with Crippen molar-refractivity contribution in [2.45, 2.75) is 19.0 Å². The van der Waals surface area contributed by atoms with E-state index in [1.807, 2.05) is 0 Å².